The van der Waals surface area contributed by atoms with Gasteiger partial charge in [0.15, 0.2) is 0 Å². The third-order valence-corrected chi connectivity index (χ3v) is 4.05. The molecule has 21 heavy (non-hydrogen) atoms. The molecule has 0 saturated carbocycles. The van der Waals surface area contributed by atoms with Crippen LogP contribution in [0.2, 0.25) is 0 Å². The summed E-state index contributed by atoms with van der Waals surface area (Å²) in [7, 11) is 2.20. The highest BCUT2D eigenvalue weighted by Gasteiger charge is 2.20. The SMILES string of the molecule is CN1CCN(N(Cc2ccccc2)c2ccccc2)CC1. The van der Waals surface area contributed by atoms with Gasteiger partial charge in [-0.15, -0.1) is 0 Å². The van der Waals surface area contributed by atoms with Gasteiger partial charge in [-0.2, -0.15) is 0 Å². The van der Waals surface area contributed by atoms with Gasteiger partial charge in [0.05, 0.1) is 12.2 Å². The Bertz CT molecular complexity index is 533. The average Bonchev–Trinajstić information content (AvgIpc) is 2.55. The van der Waals surface area contributed by atoms with E-state index in [0.717, 1.165) is 32.7 Å². The fourth-order valence-electron chi connectivity index (χ4n) is 2.75. The van der Waals surface area contributed by atoms with Crippen LogP contribution in [-0.2, 0) is 6.54 Å². The summed E-state index contributed by atoms with van der Waals surface area (Å²) in [5.41, 5.74) is 2.62. The summed E-state index contributed by atoms with van der Waals surface area (Å²) in [5, 5.41) is 4.89. The van der Waals surface area contributed by atoms with E-state index in [0.29, 0.717) is 0 Å². The molecule has 2 aromatic rings. The molecule has 3 nitrogen and oxygen atoms in total. The van der Waals surface area contributed by atoms with Gasteiger partial charge in [-0.05, 0) is 24.7 Å². The molecule has 3 heteroatoms. The van der Waals surface area contributed by atoms with Crippen LogP contribution in [0.25, 0.3) is 0 Å². The predicted molar refractivity (Wildman–Crippen MR) is 88.1 cm³/mol. The van der Waals surface area contributed by atoms with Crippen LogP contribution in [0, 0.1) is 0 Å². The summed E-state index contributed by atoms with van der Waals surface area (Å²) >= 11 is 0. The normalized spacial score (nSPS) is 16.8. The van der Waals surface area contributed by atoms with E-state index in [9.17, 15) is 0 Å². The minimum atomic E-state index is 0.925. The minimum Gasteiger partial charge on any atom is -0.304 e. The Morgan fingerprint density at radius 2 is 1.38 bits per heavy atom. The summed E-state index contributed by atoms with van der Waals surface area (Å²) in [6.45, 7) is 5.33. The molecular formula is C18H23N3. The molecule has 3 rings (SSSR count). The van der Waals surface area contributed by atoms with Crippen molar-refractivity contribution in [2.24, 2.45) is 0 Å². The highest BCUT2D eigenvalue weighted by atomic mass is 15.6. The van der Waals surface area contributed by atoms with Gasteiger partial charge < -0.3 is 9.91 Å². The number of benzene rings is 2. The number of hydrogen-bond acceptors (Lipinski definition) is 3. The summed E-state index contributed by atoms with van der Waals surface area (Å²) < 4.78 is 0. The molecular weight excluding hydrogens is 258 g/mol. The summed E-state index contributed by atoms with van der Waals surface area (Å²) in [4.78, 5) is 2.39. The smallest absolute Gasteiger partial charge is 0.0597 e. The molecule has 1 fully saturated rings. The second-order valence-electron chi connectivity index (χ2n) is 5.64. The first-order chi connectivity index (χ1) is 10.3. The Hall–Kier alpha value is -1.84. The summed E-state index contributed by atoms with van der Waals surface area (Å²) in [5.74, 6) is 0. The Morgan fingerprint density at radius 1 is 0.810 bits per heavy atom. The zero-order chi connectivity index (χ0) is 14.5. The van der Waals surface area contributed by atoms with Crippen molar-refractivity contribution in [1.29, 1.82) is 0 Å². The molecule has 0 aromatic heterocycles. The van der Waals surface area contributed by atoms with Crippen molar-refractivity contribution in [2.75, 3.05) is 38.2 Å². The van der Waals surface area contributed by atoms with Gasteiger partial charge >= 0.3 is 0 Å². The van der Waals surface area contributed by atoms with E-state index in [-0.39, 0.29) is 0 Å². The monoisotopic (exact) mass is 281 g/mol. The maximum atomic E-state index is 2.47. The summed E-state index contributed by atoms with van der Waals surface area (Å²) in [6, 6.07) is 21.4. The van der Waals surface area contributed by atoms with Crippen LogP contribution < -0.4 is 5.01 Å². The molecule has 0 unspecified atom stereocenters. The highest BCUT2D eigenvalue weighted by molar-refractivity contribution is 5.45. The third-order valence-electron chi connectivity index (χ3n) is 4.05. The fourth-order valence-corrected chi connectivity index (χ4v) is 2.75. The van der Waals surface area contributed by atoms with Gasteiger partial charge in [-0.1, -0.05) is 48.5 Å². The Labute approximate surface area is 127 Å². The summed E-state index contributed by atoms with van der Waals surface area (Å²) in [6.07, 6.45) is 0. The number of nitrogens with zero attached hydrogens (tertiary/aromatic N) is 3. The molecule has 1 saturated heterocycles. The van der Waals surface area contributed by atoms with E-state index in [2.05, 4.69) is 82.6 Å². The lowest BCUT2D eigenvalue weighted by Crippen LogP contribution is -2.52. The van der Waals surface area contributed by atoms with Gasteiger partial charge in [0.2, 0.25) is 0 Å². The van der Waals surface area contributed by atoms with Crippen LogP contribution in [0.3, 0.4) is 0 Å². The molecule has 0 spiro atoms. The first-order valence-corrected chi connectivity index (χ1v) is 7.63. The van der Waals surface area contributed by atoms with Gasteiger partial charge in [0, 0.05) is 26.2 Å². The lowest BCUT2D eigenvalue weighted by molar-refractivity contribution is 0.139. The number of hydrazine groups is 1. The van der Waals surface area contributed by atoms with E-state index >= 15 is 0 Å². The maximum absolute atomic E-state index is 2.47. The van der Waals surface area contributed by atoms with Crippen molar-refractivity contribution in [3.63, 3.8) is 0 Å². The predicted octanol–water partition coefficient (Wildman–Crippen LogP) is 2.86. The van der Waals surface area contributed by atoms with Crippen LogP contribution in [0.1, 0.15) is 5.56 Å². The van der Waals surface area contributed by atoms with E-state index in [4.69, 9.17) is 0 Å². The first-order valence-electron chi connectivity index (χ1n) is 7.63. The lowest BCUT2D eigenvalue weighted by Gasteiger charge is -2.41. The minimum absolute atomic E-state index is 0.925. The first kappa shape index (κ1) is 14.1. The van der Waals surface area contributed by atoms with Crippen LogP contribution in [0.15, 0.2) is 60.7 Å². The number of piperazine rings is 1. The molecule has 0 N–H and O–H groups in total. The second-order valence-corrected chi connectivity index (χ2v) is 5.64. The van der Waals surface area contributed by atoms with Gasteiger partial charge in [0.25, 0.3) is 0 Å². The lowest BCUT2D eigenvalue weighted by atomic mass is 10.2. The van der Waals surface area contributed by atoms with E-state index in [1.807, 2.05) is 0 Å². The molecule has 0 bridgehead atoms. The third kappa shape index (κ3) is 3.63. The van der Waals surface area contributed by atoms with Crippen molar-refractivity contribution in [3.05, 3.63) is 66.2 Å². The molecule has 0 atom stereocenters. The molecule has 1 aliphatic rings. The van der Waals surface area contributed by atoms with Crippen molar-refractivity contribution in [2.45, 2.75) is 6.54 Å². The van der Waals surface area contributed by atoms with Crippen LogP contribution in [0.4, 0.5) is 5.69 Å². The van der Waals surface area contributed by atoms with E-state index < -0.39 is 0 Å². The van der Waals surface area contributed by atoms with Gasteiger partial charge in [0.1, 0.15) is 0 Å². The average molecular weight is 281 g/mol. The van der Waals surface area contributed by atoms with Crippen molar-refractivity contribution < 1.29 is 0 Å². The number of rotatable bonds is 4. The van der Waals surface area contributed by atoms with Crippen molar-refractivity contribution >= 4 is 5.69 Å². The Balaban J connectivity index is 1.81. The standard InChI is InChI=1S/C18H23N3/c1-19-12-14-20(15-13-19)21(18-10-6-3-7-11-18)16-17-8-4-2-5-9-17/h2-11H,12-16H2,1H3. The molecule has 0 amide bonds. The molecule has 2 aromatic carbocycles. The molecule has 1 heterocycles. The number of likely N-dealkylation sites (N-methyl/N-ethyl adjacent to an activating group) is 1. The van der Waals surface area contributed by atoms with Gasteiger partial charge in [-0.25, -0.2) is 5.01 Å². The molecule has 1 aliphatic heterocycles. The van der Waals surface area contributed by atoms with Crippen LogP contribution in [-0.4, -0.2) is 43.1 Å². The van der Waals surface area contributed by atoms with E-state index in [1.54, 1.807) is 0 Å². The highest BCUT2D eigenvalue weighted by Crippen LogP contribution is 2.20. The van der Waals surface area contributed by atoms with Crippen molar-refractivity contribution in [3.8, 4) is 0 Å². The number of anilines is 1. The van der Waals surface area contributed by atoms with E-state index in [1.165, 1.54) is 11.3 Å². The molecule has 0 radical (unpaired) electrons. The van der Waals surface area contributed by atoms with Crippen LogP contribution in [0.5, 0.6) is 0 Å². The fraction of sp³-hybridized carbons (Fsp3) is 0.333. The number of hydrogen-bond donors (Lipinski definition) is 0. The number of para-hydroxylation sites is 1. The van der Waals surface area contributed by atoms with Gasteiger partial charge in [-0.3, -0.25) is 0 Å². The molecule has 0 aliphatic carbocycles. The van der Waals surface area contributed by atoms with Crippen molar-refractivity contribution in [1.82, 2.24) is 9.91 Å². The quantitative estimate of drug-likeness (QED) is 0.853. The Kier molecular flexibility index (Phi) is 4.53. The Morgan fingerprint density at radius 3 is 2.00 bits per heavy atom. The largest absolute Gasteiger partial charge is 0.304 e. The topological polar surface area (TPSA) is 9.72 Å². The van der Waals surface area contributed by atoms with Crippen LogP contribution >= 0.6 is 0 Å². The second kappa shape index (κ2) is 6.74. The zero-order valence-electron chi connectivity index (χ0n) is 12.7. The maximum Gasteiger partial charge on any atom is 0.0597 e. The molecule has 110 valence electrons. The zero-order valence-corrected chi connectivity index (χ0v) is 12.7.